The van der Waals surface area contributed by atoms with Crippen LogP contribution in [0.25, 0.3) is 11.3 Å². The summed E-state index contributed by atoms with van der Waals surface area (Å²) >= 11 is 19.6. The molecular weight excluding hydrogens is 573 g/mol. The number of hydrogen-bond donors (Lipinski definition) is 2. The molecule has 1 heterocycles. The summed E-state index contributed by atoms with van der Waals surface area (Å²) < 4.78 is 11.9. The number of aliphatic carboxylic acids is 1. The minimum absolute atomic E-state index is 0.133. The van der Waals surface area contributed by atoms with Crippen LogP contribution in [0.4, 0.5) is 0 Å². The zero-order valence-electron chi connectivity index (χ0n) is 21.8. The molecule has 0 bridgehead atoms. The quantitative estimate of drug-likeness (QED) is 0.270. The van der Waals surface area contributed by atoms with Crippen molar-refractivity contribution in [3.63, 3.8) is 0 Å². The highest BCUT2D eigenvalue weighted by Crippen LogP contribution is 2.57. The third-order valence-electron chi connectivity index (χ3n) is 8.51. The Morgan fingerprint density at radius 3 is 2.50 bits per heavy atom. The number of aromatic nitrogens is 1. The summed E-state index contributed by atoms with van der Waals surface area (Å²) in [7, 11) is 0. The second-order valence-corrected chi connectivity index (χ2v) is 12.6. The molecule has 0 aliphatic heterocycles. The lowest BCUT2D eigenvalue weighted by Crippen LogP contribution is -2.48. The number of ether oxygens (including phenoxy) is 1. The molecule has 2 N–H and O–H groups in total. The molecule has 2 saturated carbocycles. The molecule has 1 unspecified atom stereocenters. The molecule has 1 aromatic heterocycles. The van der Waals surface area contributed by atoms with Gasteiger partial charge in [-0.1, -0.05) is 77.2 Å². The molecular formula is C31H28Cl3NO5. The highest BCUT2D eigenvalue weighted by molar-refractivity contribution is 6.39. The van der Waals surface area contributed by atoms with Crippen LogP contribution in [0.3, 0.4) is 0 Å². The predicted octanol–water partition coefficient (Wildman–Crippen LogP) is 8.33. The van der Waals surface area contributed by atoms with Crippen molar-refractivity contribution in [1.82, 2.24) is 5.16 Å². The first-order valence-electron chi connectivity index (χ1n) is 13.3. The topological polar surface area (TPSA) is 92.8 Å². The minimum atomic E-state index is -1.08. The van der Waals surface area contributed by atoms with Gasteiger partial charge in [0.05, 0.1) is 26.2 Å². The van der Waals surface area contributed by atoms with Crippen molar-refractivity contribution in [3.8, 4) is 17.0 Å². The van der Waals surface area contributed by atoms with Crippen molar-refractivity contribution in [1.29, 1.82) is 0 Å². The van der Waals surface area contributed by atoms with E-state index >= 15 is 0 Å². The first-order valence-corrected chi connectivity index (χ1v) is 14.4. The maximum absolute atomic E-state index is 11.5. The van der Waals surface area contributed by atoms with Gasteiger partial charge < -0.3 is 19.5 Å². The SMILES string of the molecule is CC1(C2CC(O)(c3ccc(OCc4c(-c5c(Cl)cccc5Cl)noc4C4CC4)cc3Cl)C2)C=CC=C(C(=O)O)C1. The van der Waals surface area contributed by atoms with E-state index in [0.717, 1.165) is 24.2 Å². The molecule has 6 nitrogen and oxygen atoms in total. The monoisotopic (exact) mass is 599 g/mol. The normalized spacial score (nSPS) is 25.8. The molecule has 3 aliphatic rings. The maximum atomic E-state index is 11.5. The number of benzene rings is 2. The molecule has 0 saturated heterocycles. The number of rotatable bonds is 8. The largest absolute Gasteiger partial charge is 0.489 e. The van der Waals surface area contributed by atoms with E-state index in [1.807, 2.05) is 13.0 Å². The summed E-state index contributed by atoms with van der Waals surface area (Å²) in [4.78, 5) is 11.5. The molecule has 2 aromatic carbocycles. The average molecular weight is 601 g/mol. The van der Waals surface area contributed by atoms with Crippen LogP contribution in [0.15, 0.2) is 64.7 Å². The second-order valence-electron chi connectivity index (χ2n) is 11.4. The molecule has 208 valence electrons. The Balaban J connectivity index is 1.18. The van der Waals surface area contributed by atoms with E-state index in [-0.39, 0.29) is 17.9 Å². The lowest BCUT2D eigenvalue weighted by molar-refractivity contribution is -0.134. The van der Waals surface area contributed by atoms with Gasteiger partial charge in [0.2, 0.25) is 0 Å². The highest BCUT2D eigenvalue weighted by Gasteiger charge is 2.52. The van der Waals surface area contributed by atoms with Crippen molar-refractivity contribution < 1.29 is 24.3 Å². The van der Waals surface area contributed by atoms with Gasteiger partial charge in [-0.25, -0.2) is 4.79 Å². The van der Waals surface area contributed by atoms with E-state index in [9.17, 15) is 15.0 Å². The molecule has 0 amide bonds. The molecule has 6 rings (SSSR count). The fourth-order valence-corrected chi connectivity index (χ4v) is 6.87. The van der Waals surface area contributed by atoms with E-state index in [1.165, 1.54) is 0 Å². The van der Waals surface area contributed by atoms with Crippen molar-refractivity contribution in [2.45, 2.75) is 57.2 Å². The third kappa shape index (κ3) is 4.96. The van der Waals surface area contributed by atoms with E-state index in [1.54, 1.807) is 48.6 Å². The molecule has 2 fully saturated rings. The van der Waals surface area contributed by atoms with Crippen LogP contribution in [0.5, 0.6) is 5.75 Å². The van der Waals surface area contributed by atoms with Gasteiger partial charge in [0.25, 0.3) is 0 Å². The van der Waals surface area contributed by atoms with E-state index < -0.39 is 11.6 Å². The van der Waals surface area contributed by atoms with Gasteiger partial charge in [-0.05, 0) is 67.7 Å². The minimum Gasteiger partial charge on any atom is -0.489 e. The first kappa shape index (κ1) is 27.4. The van der Waals surface area contributed by atoms with Crippen LogP contribution >= 0.6 is 34.8 Å². The fraction of sp³-hybridized carbons (Fsp3) is 0.355. The second kappa shape index (κ2) is 10.3. The summed E-state index contributed by atoms with van der Waals surface area (Å²) in [5, 5.41) is 26.5. The molecule has 9 heteroatoms. The van der Waals surface area contributed by atoms with E-state index in [2.05, 4.69) is 5.16 Å². The van der Waals surface area contributed by atoms with Crippen LogP contribution in [-0.2, 0) is 17.0 Å². The lowest BCUT2D eigenvalue weighted by Gasteiger charge is -2.52. The molecule has 3 aromatic rings. The number of halogens is 3. The Bertz CT molecular complexity index is 1530. The van der Waals surface area contributed by atoms with Gasteiger partial charge >= 0.3 is 5.97 Å². The Hall–Kier alpha value is -2.77. The molecule has 0 spiro atoms. The van der Waals surface area contributed by atoms with Gasteiger partial charge in [-0.15, -0.1) is 0 Å². The first-order chi connectivity index (χ1) is 19.1. The van der Waals surface area contributed by atoms with Crippen molar-refractivity contribution in [2.75, 3.05) is 0 Å². The number of hydrogen-bond acceptors (Lipinski definition) is 5. The number of carboxylic acid groups (broad SMARTS) is 1. The van der Waals surface area contributed by atoms with Gasteiger partial charge in [0.1, 0.15) is 23.8 Å². The number of nitrogens with zero attached hydrogens (tertiary/aromatic N) is 1. The van der Waals surface area contributed by atoms with Crippen LogP contribution < -0.4 is 4.74 Å². The summed E-state index contributed by atoms with van der Waals surface area (Å²) in [5.41, 5.74) is 1.61. The average Bonchev–Trinajstić information content (AvgIpc) is 3.65. The highest BCUT2D eigenvalue weighted by atomic mass is 35.5. The molecule has 3 aliphatic carbocycles. The zero-order chi connectivity index (χ0) is 28.2. The standard InChI is InChI=1S/C31H28Cl3NO5/c1-30(11-3-4-18(13-30)29(36)37)19-14-31(38,15-19)22-10-9-20(12-25(22)34)39-16-21-27(35-40-28(21)17-7-8-17)26-23(32)5-2-6-24(26)33/h2-6,9-12,17,19,38H,7-8,13-16H2,1H3,(H,36,37). The summed E-state index contributed by atoms with van der Waals surface area (Å²) in [6, 6.07) is 10.6. The van der Waals surface area contributed by atoms with Gasteiger partial charge in [0.15, 0.2) is 0 Å². The maximum Gasteiger partial charge on any atom is 0.331 e. The van der Waals surface area contributed by atoms with Gasteiger partial charge in [-0.3, -0.25) is 0 Å². The van der Waals surface area contributed by atoms with Crippen molar-refractivity contribution >= 4 is 40.8 Å². The summed E-state index contributed by atoms with van der Waals surface area (Å²) in [6.45, 7) is 2.24. The lowest BCUT2D eigenvalue weighted by atomic mass is 9.55. The van der Waals surface area contributed by atoms with Crippen LogP contribution in [0.1, 0.15) is 61.8 Å². The molecule has 40 heavy (non-hydrogen) atoms. The Kier molecular flexibility index (Phi) is 7.02. The smallest absolute Gasteiger partial charge is 0.331 e. The summed E-state index contributed by atoms with van der Waals surface area (Å²) in [5.74, 6) is 0.867. The van der Waals surface area contributed by atoms with E-state index in [4.69, 9.17) is 44.1 Å². The third-order valence-corrected chi connectivity index (χ3v) is 9.46. The van der Waals surface area contributed by atoms with Crippen LogP contribution in [0.2, 0.25) is 15.1 Å². The van der Waals surface area contributed by atoms with Crippen molar-refractivity contribution in [3.05, 3.63) is 92.2 Å². The molecule has 1 atom stereocenters. The Morgan fingerprint density at radius 1 is 1.12 bits per heavy atom. The van der Waals surface area contributed by atoms with Crippen LogP contribution in [0, 0.1) is 11.3 Å². The fourth-order valence-electron chi connectivity index (χ4n) is 5.95. The molecule has 0 radical (unpaired) electrons. The Labute approximate surface area is 247 Å². The predicted molar refractivity (Wildman–Crippen MR) is 154 cm³/mol. The number of carbonyl (C=O) groups is 1. The van der Waals surface area contributed by atoms with Crippen LogP contribution in [-0.4, -0.2) is 21.3 Å². The number of aliphatic hydroxyl groups is 1. The van der Waals surface area contributed by atoms with Gasteiger partial charge in [-0.2, -0.15) is 0 Å². The Morgan fingerprint density at radius 2 is 1.85 bits per heavy atom. The van der Waals surface area contributed by atoms with Crippen molar-refractivity contribution in [2.24, 2.45) is 11.3 Å². The number of allylic oxidation sites excluding steroid dienone is 3. The number of carboxylic acids is 1. The van der Waals surface area contributed by atoms with Gasteiger partial charge in [0, 0.05) is 22.6 Å². The zero-order valence-corrected chi connectivity index (χ0v) is 24.1. The van der Waals surface area contributed by atoms with E-state index in [0.29, 0.717) is 68.4 Å². The summed E-state index contributed by atoms with van der Waals surface area (Å²) in [6.07, 6.45) is 8.98.